The normalized spacial score (nSPS) is 10.7. The van der Waals surface area contributed by atoms with Gasteiger partial charge in [0.15, 0.2) is 0 Å². The zero-order chi connectivity index (χ0) is 17.9. The third-order valence-electron chi connectivity index (χ3n) is 4.10. The number of rotatable bonds is 3. The van der Waals surface area contributed by atoms with Gasteiger partial charge in [-0.2, -0.15) is 4.39 Å². The Morgan fingerprint density at radius 1 is 0.846 bits per heavy atom. The summed E-state index contributed by atoms with van der Waals surface area (Å²) < 4.78 is 15.7. The van der Waals surface area contributed by atoms with Gasteiger partial charge in [0.2, 0.25) is 5.95 Å². The minimum Gasteiger partial charge on any atom is -0.282 e. The van der Waals surface area contributed by atoms with E-state index in [0.29, 0.717) is 5.69 Å². The Kier molecular flexibility index (Phi) is 4.11. The lowest BCUT2D eigenvalue weighted by Gasteiger charge is -2.12. The van der Waals surface area contributed by atoms with Crippen molar-refractivity contribution in [2.75, 3.05) is 0 Å². The van der Waals surface area contributed by atoms with E-state index >= 15 is 0 Å². The largest absolute Gasteiger partial charge is 0.282 e. The van der Waals surface area contributed by atoms with E-state index in [1.54, 1.807) is 48.9 Å². The van der Waals surface area contributed by atoms with Crippen molar-refractivity contribution in [2.24, 2.45) is 0 Å². The molecule has 4 aromatic rings. The lowest BCUT2D eigenvalue weighted by Crippen LogP contribution is -2.20. The van der Waals surface area contributed by atoms with Gasteiger partial charge in [0.25, 0.3) is 5.56 Å². The lowest BCUT2D eigenvalue weighted by atomic mass is 10.0. The number of aromatic nitrogens is 3. The molecule has 3 aromatic heterocycles. The van der Waals surface area contributed by atoms with Crippen LogP contribution in [0.15, 0.2) is 90.2 Å². The Labute approximate surface area is 149 Å². The molecule has 0 N–H and O–H groups in total. The van der Waals surface area contributed by atoms with E-state index in [-0.39, 0.29) is 16.7 Å². The van der Waals surface area contributed by atoms with Crippen LogP contribution in [0.25, 0.3) is 27.9 Å². The summed E-state index contributed by atoms with van der Waals surface area (Å²) in [5.41, 5.74) is 2.43. The van der Waals surface area contributed by atoms with Crippen LogP contribution in [0.3, 0.4) is 0 Å². The van der Waals surface area contributed by atoms with Crippen LogP contribution in [0.4, 0.5) is 4.39 Å². The number of pyridine rings is 3. The Balaban J connectivity index is 2.03. The van der Waals surface area contributed by atoms with E-state index in [9.17, 15) is 9.18 Å². The fraction of sp³-hybridized carbons (Fsp3) is 0. The maximum Gasteiger partial charge on any atom is 0.263 e. The number of nitrogens with zero attached hydrogens (tertiary/aromatic N) is 3. The Bertz CT molecular complexity index is 1110. The summed E-state index contributed by atoms with van der Waals surface area (Å²) >= 11 is 0. The van der Waals surface area contributed by atoms with Crippen LogP contribution >= 0.6 is 0 Å². The monoisotopic (exact) mass is 343 g/mol. The molecule has 0 atom stereocenters. The first kappa shape index (κ1) is 15.9. The molecule has 26 heavy (non-hydrogen) atoms. The van der Waals surface area contributed by atoms with Crippen LogP contribution in [-0.2, 0) is 0 Å². The Hall–Kier alpha value is -3.60. The van der Waals surface area contributed by atoms with Crippen molar-refractivity contribution in [3.05, 3.63) is 102 Å². The fourth-order valence-electron chi connectivity index (χ4n) is 2.84. The Morgan fingerprint density at radius 3 is 2.38 bits per heavy atom. The molecule has 5 heteroatoms. The van der Waals surface area contributed by atoms with Crippen LogP contribution in [0.5, 0.6) is 0 Å². The third-order valence-corrected chi connectivity index (χ3v) is 4.10. The van der Waals surface area contributed by atoms with Crippen molar-refractivity contribution in [1.29, 1.82) is 0 Å². The topological polar surface area (TPSA) is 47.8 Å². The molecule has 0 bridgehead atoms. The van der Waals surface area contributed by atoms with E-state index in [2.05, 4.69) is 9.97 Å². The van der Waals surface area contributed by atoms with Crippen molar-refractivity contribution in [3.63, 3.8) is 0 Å². The highest BCUT2D eigenvalue weighted by atomic mass is 19.1. The standard InChI is InChI=1S/C21H14FN3O/c22-20-18(9-5-11-24-20)19-12-16(15-6-2-1-3-7-15)14-25(21(19)26)17-8-4-10-23-13-17/h1-14H. The quantitative estimate of drug-likeness (QED) is 0.526. The summed E-state index contributed by atoms with van der Waals surface area (Å²) in [6, 6.07) is 18.0. The summed E-state index contributed by atoms with van der Waals surface area (Å²) in [6.07, 6.45) is 6.34. The molecule has 0 fully saturated rings. The number of hydrogen-bond donors (Lipinski definition) is 0. The minimum absolute atomic E-state index is 0.174. The highest BCUT2D eigenvalue weighted by Gasteiger charge is 2.15. The van der Waals surface area contributed by atoms with E-state index < -0.39 is 5.95 Å². The maximum absolute atomic E-state index is 14.3. The lowest BCUT2D eigenvalue weighted by molar-refractivity contribution is 0.587. The van der Waals surface area contributed by atoms with Gasteiger partial charge < -0.3 is 0 Å². The molecule has 0 saturated heterocycles. The molecular formula is C21H14FN3O. The molecule has 0 aliphatic rings. The summed E-state index contributed by atoms with van der Waals surface area (Å²) in [4.78, 5) is 20.8. The van der Waals surface area contributed by atoms with E-state index in [0.717, 1.165) is 11.1 Å². The zero-order valence-corrected chi connectivity index (χ0v) is 13.7. The van der Waals surface area contributed by atoms with E-state index in [4.69, 9.17) is 0 Å². The highest BCUT2D eigenvalue weighted by molar-refractivity contribution is 5.72. The summed E-state index contributed by atoms with van der Waals surface area (Å²) in [7, 11) is 0. The highest BCUT2D eigenvalue weighted by Crippen LogP contribution is 2.25. The van der Waals surface area contributed by atoms with Crippen LogP contribution in [0.1, 0.15) is 0 Å². The van der Waals surface area contributed by atoms with Crippen molar-refractivity contribution < 1.29 is 4.39 Å². The number of hydrogen-bond acceptors (Lipinski definition) is 3. The first-order valence-electron chi connectivity index (χ1n) is 8.07. The van der Waals surface area contributed by atoms with Gasteiger partial charge in [-0.3, -0.25) is 14.3 Å². The van der Waals surface area contributed by atoms with Crippen LogP contribution in [0.2, 0.25) is 0 Å². The third kappa shape index (κ3) is 2.91. The molecular weight excluding hydrogens is 329 g/mol. The molecule has 0 aliphatic carbocycles. The molecule has 0 radical (unpaired) electrons. The minimum atomic E-state index is -0.674. The van der Waals surface area contributed by atoms with Gasteiger partial charge >= 0.3 is 0 Å². The smallest absolute Gasteiger partial charge is 0.263 e. The SMILES string of the molecule is O=c1c(-c2cccnc2F)cc(-c2ccccc2)cn1-c1cccnc1. The molecule has 4 rings (SSSR count). The molecule has 126 valence electrons. The van der Waals surface area contributed by atoms with Gasteiger partial charge in [-0.05, 0) is 41.5 Å². The zero-order valence-electron chi connectivity index (χ0n) is 13.7. The predicted molar refractivity (Wildman–Crippen MR) is 98.5 cm³/mol. The van der Waals surface area contributed by atoms with Gasteiger partial charge in [0.05, 0.1) is 17.4 Å². The second kappa shape index (κ2) is 6.72. The molecule has 0 amide bonds. The van der Waals surface area contributed by atoms with Crippen LogP contribution < -0.4 is 5.56 Å². The first-order valence-corrected chi connectivity index (χ1v) is 8.07. The van der Waals surface area contributed by atoms with Crippen molar-refractivity contribution in [2.45, 2.75) is 0 Å². The van der Waals surface area contributed by atoms with Crippen molar-refractivity contribution in [1.82, 2.24) is 14.5 Å². The first-order chi connectivity index (χ1) is 12.7. The molecule has 4 nitrogen and oxygen atoms in total. The predicted octanol–water partition coefficient (Wildman–Crippen LogP) is 4.10. The average molecular weight is 343 g/mol. The molecule has 0 aliphatic heterocycles. The fourth-order valence-corrected chi connectivity index (χ4v) is 2.84. The van der Waals surface area contributed by atoms with Gasteiger partial charge in [0, 0.05) is 24.2 Å². The van der Waals surface area contributed by atoms with Gasteiger partial charge in [0.1, 0.15) is 0 Å². The molecule has 0 spiro atoms. The van der Waals surface area contributed by atoms with E-state index in [1.165, 1.54) is 10.8 Å². The maximum atomic E-state index is 14.3. The Morgan fingerprint density at radius 2 is 1.65 bits per heavy atom. The molecule has 0 unspecified atom stereocenters. The summed E-state index contributed by atoms with van der Waals surface area (Å²) in [5.74, 6) is -0.674. The van der Waals surface area contributed by atoms with Crippen LogP contribution in [-0.4, -0.2) is 14.5 Å². The van der Waals surface area contributed by atoms with Crippen molar-refractivity contribution >= 4 is 0 Å². The van der Waals surface area contributed by atoms with Crippen molar-refractivity contribution in [3.8, 4) is 27.9 Å². The van der Waals surface area contributed by atoms with Crippen LogP contribution in [0, 0.1) is 5.95 Å². The van der Waals surface area contributed by atoms with Gasteiger partial charge in [-0.25, -0.2) is 4.98 Å². The average Bonchev–Trinajstić information content (AvgIpc) is 2.70. The summed E-state index contributed by atoms with van der Waals surface area (Å²) in [6.45, 7) is 0. The second-order valence-corrected chi connectivity index (χ2v) is 5.74. The molecule has 0 saturated carbocycles. The van der Waals surface area contributed by atoms with E-state index in [1.807, 2.05) is 30.3 Å². The second-order valence-electron chi connectivity index (χ2n) is 5.74. The number of halogens is 1. The number of benzene rings is 1. The molecule has 1 aromatic carbocycles. The van der Waals surface area contributed by atoms with Gasteiger partial charge in [-0.15, -0.1) is 0 Å². The molecule has 3 heterocycles. The summed E-state index contributed by atoms with van der Waals surface area (Å²) in [5, 5.41) is 0. The van der Waals surface area contributed by atoms with Gasteiger partial charge in [-0.1, -0.05) is 30.3 Å².